The lowest BCUT2D eigenvalue weighted by Gasteiger charge is -2.40. The van der Waals surface area contributed by atoms with Crippen molar-refractivity contribution in [2.24, 2.45) is 0 Å². The summed E-state index contributed by atoms with van der Waals surface area (Å²) in [6.07, 6.45) is 3.81. The average Bonchev–Trinajstić information content (AvgIpc) is 3.12. The van der Waals surface area contributed by atoms with Crippen molar-refractivity contribution in [2.45, 2.75) is 63.4 Å². The number of hydrogen-bond acceptors (Lipinski definition) is 6. The number of carbonyl (C=O) groups is 1. The van der Waals surface area contributed by atoms with E-state index in [0.29, 0.717) is 19.7 Å². The minimum atomic E-state index is -0.799. The van der Waals surface area contributed by atoms with Crippen LogP contribution in [0.1, 0.15) is 39.5 Å². The maximum Gasteiger partial charge on any atom is 0.317 e. The number of nitrogens with one attached hydrogen (secondary N) is 1. The summed E-state index contributed by atoms with van der Waals surface area (Å²) in [7, 11) is 0. The fraction of sp³-hybridized carbons (Fsp3) is 0.619. The van der Waals surface area contributed by atoms with Gasteiger partial charge in [0.1, 0.15) is 17.4 Å². The molecule has 8 heteroatoms. The number of urea groups is 1. The average molecular weight is 420 g/mol. The molecular weight excluding hydrogens is 390 g/mol. The summed E-state index contributed by atoms with van der Waals surface area (Å²) in [6.45, 7) is 5.03. The number of thiazole rings is 1. The van der Waals surface area contributed by atoms with E-state index in [1.54, 1.807) is 30.1 Å². The van der Waals surface area contributed by atoms with Gasteiger partial charge in [-0.1, -0.05) is 6.07 Å². The van der Waals surface area contributed by atoms with Crippen LogP contribution in [0, 0.1) is 0 Å². The zero-order valence-corrected chi connectivity index (χ0v) is 17.8. The second-order valence-electron chi connectivity index (χ2n) is 8.65. The lowest BCUT2D eigenvalue weighted by Crippen LogP contribution is -2.60. The van der Waals surface area contributed by atoms with Gasteiger partial charge in [-0.15, -0.1) is 11.3 Å². The van der Waals surface area contributed by atoms with Gasteiger partial charge in [-0.3, -0.25) is 0 Å². The molecule has 2 fully saturated rings. The molecule has 1 aromatic heterocycles. The number of carbonyl (C=O) groups excluding carboxylic acids is 1. The number of hydrogen-bond donors (Lipinski definition) is 2. The first-order chi connectivity index (χ1) is 13.9. The molecule has 2 heterocycles. The molecule has 7 nitrogen and oxygen atoms in total. The molecule has 2 N–H and O–H groups in total. The number of rotatable bonds is 6. The highest BCUT2D eigenvalue weighted by Crippen LogP contribution is 2.29. The number of fused-ring (bicyclic) bond motifs is 1. The SMILES string of the molecule is CC(C)(O)CO[C@H]1CC[C@H](NC(=O)N2CC(Oc3cccc4scnc34)C2)CC1. The quantitative estimate of drug-likeness (QED) is 0.751. The Hall–Kier alpha value is -1.90. The molecule has 0 radical (unpaired) electrons. The summed E-state index contributed by atoms with van der Waals surface area (Å²) < 4.78 is 12.9. The van der Waals surface area contributed by atoms with E-state index in [4.69, 9.17) is 9.47 Å². The van der Waals surface area contributed by atoms with E-state index >= 15 is 0 Å². The van der Waals surface area contributed by atoms with Gasteiger partial charge in [-0.25, -0.2) is 9.78 Å². The van der Waals surface area contributed by atoms with Gasteiger partial charge in [0.25, 0.3) is 0 Å². The van der Waals surface area contributed by atoms with Crippen LogP contribution in [0.3, 0.4) is 0 Å². The Morgan fingerprint density at radius 2 is 2.03 bits per heavy atom. The number of nitrogens with zero attached hydrogens (tertiary/aromatic N) is 2. The van der Waals surface area contributed by atoms with E-state index in [9.17, 15) is 9.90 Å². The number of aromatic nitrogens is 1. The predicted octanol–water partition coefficient (Wildman–Crippen LogP) is 3.17. The molecule has 1 saturated carbocycles. The molecule has 1 aliphatic carbocycles. The molecule has 0 atom stereocenters. The van der Waals surface area contributed by atoms with Crippen molar-refractivity contribution in [3.8, 4) is 5.75 Å². The third-order valence-electron chi connectivity index (χ3n) is 5.43. The van der Waals surface area contributed by atoms with Gasteiger partial charge in [0.05, 0.1) is 41.6 Å². The van der Waals surface area contributed by atoms with Crippen molar-refractivity contribution < 1.29 is 19.4 Å². The van der Waals surface area contributed by atoms with Crippen molar-refractivity contribution in [2.75, 3.05) is 19.7 Å². The normalized spacial score (nSPS) is 23.1. The Bertz CT molecular complexity index is 836. The van der Waals surface area contributed by atoms with Gasteiger partial charge in [0.2, 0.25) is 0 Å². The maximum absolute atomic E-state index is 12.5. The third-order valence-corrected chi connectivity index (χ3v) is 6.22. The molecule has 2 aliphatic rings. The summed E-state index contributed by atoms with van der Waals surface area (Å²) in [5, 5.41) is 12.9. The Balaban J connectivity index is 1.17. The molecule has 1 saturated heterocycles. The van der Waals surface area contributed by atoms with Crippen molar-refractivity contribution in [3.05, 3.63) is 23.7 Å². The lowest BCUT2D eigenvalue weighted by molar-refractivity contribution is -0.0642. The predicted molar refractivity (Wildman–Crippen MR) is 112 cm³/mol. The van der Waals surface area contributed by atoms with E-state index in [1.807, 2.05) is 23.7 Å². The Labute approximate surface area is 175 Å². The number of aliphatic hydroxyl groups is 1. The fourth-order valence-corrected chi connectivity index (χ4v) is 4.47. The molecule has 0 unspecified atom stereocenters. The maximum atomic E-state index is 12.5. The summed E-state index contributed by atoms with van der Waals surface area (Å²) in [5.41, 5.74) is 1.92. The molecule has 1 aromatic carbocycles. The van der Waals surface area contributed by atoms with Gasteiger partial charge < -0.3 is 24.8 Å². The first kappa shape index (κ1) is 20.4. The summed E-state index contributed by atoms with van der Waals surface area (Å²) in [5.74, 6) is 0.790. The van der Waals surface area contributed by atoms with E-state index in [-0.39, 0.29) is 24.3 Å². The molecule has 1 aliphatic heterocycles. The Morgan fingerprint density at radius 3 is 2.76 bits per heavy atom. The molecule has 2 aromatic rings. The van der Waals surface area contributed by atoms with Gasteiger partial charge in [0, 0.05) is 6.04 Å². The zero-order valence-electron chi connectivity index (χ0n) is 17.0. The first-order valence-corrected chi connectivity index (χ1v) is 11.1. The van der Waals surface area contributed by atoms with Crippen LogP contribution >= 0.6 is 11.3 Å². The Kier molecular flexibility index (Phi) is 5.94. The first-order valence-electron chi connectivity index (χ1n) is 10.3. The van der Waals surface area contributed by atoms with Crippen LogP contribution in [0.5, 0.6) is 5.75 Å². The van der Waals surface area contributed by atoms with Crippen LogP contribution in [0.2, 0.25) is 0 Å². The van der Waals surface area contributed by atoms with Crippen LogP contribution in [0.25, 0.3) is 10.2 Å². The topological polar surface area (TPSA) is 83.9 Å². The number of amides is 2. The van der Waals surface area contributed by atoms with Gasteiger partial charge in [-0.05, 0) is 51.7 Å². The molecule has 0 spiro atoms. The Morgan fingerprint density at radius 1 is 1.28 bits per heavy atom. The molecule has 29 heavy (non-hydrogen) atoms. The van der Waals surface area contributed by atoms with E-state index in [1.165, 1.54) is 0 Å². The largest absolute Gasteiger partial charge is 0.484 e. The standard InChI is InChI=1S/C21H29N3O4S/c1-21(2,26)12-27-15-8-6-14(7-9-15)23-20(25)24-10-16(11-24)28-17-4-3-5-18-19(17)22-13-29-18/h3-5,13-16,26H,6-12H2,1-2H3,(H,23,25)/t14-,15-. The summed E-state index contributed by atoms with van der Waals surface area (Å²) in [6, 6.07) is 6.11. The van der Waals surface area contributed by atoms with Crippen LogP contribution in [-0.4, -0.2) is 64.6 Å². The fourth-order valence-electron chi connectivity index (χ4n) is 3.78. The van der Waals surface area contributed by atoms with Crippen molar-refractivity contribution in [3.63, 3.8) is 0 Å². The molecule has 4 rings (SSSR count). The van der Waals surface area contributed by atoms with Crippen LogP contribution in [0.4, 0.5) is 4.79 Å². The van der Waals surface area contributed by atoms with Crippen LogP contribution in [-0.2, 0) is 4.74 Å². The highest BCUT2D eigenvalue weighted by molar-refractivity contribution is 7.16. The highest BCUT2D eigenvalue weighted by atomic mass is 32.1. The van der Waals surface area contributed by atoms with E-state index in [2.05, 4.69) is 10.3 Å². The summed E-state index contributed by atoms with van der Waals surface area (Å²) in [4.78, 5) is 18.7. The number of benzene rings is 1. The minimum Gasteiger partial charge on any atom is -0.484 e. The molecule has 0 bridgehead atoms. The second kappa shape index (κ2) is 8.45. The number of likely N-dealkylation sites (tertiary alicyclic amines) is 1. The van der Waals surface area contributed by atoms with Crippen molar-refractivity contribution >= 4 is 27.6 Å². The zero-order chi connectivity index (χ0) is 20.4. The summed E-state index contributed by atoms with van der Waals surface area (Å²) >= 11 is 1.60. The van der Waals surface area contributed by atoms with Crippen molar-refractivity contribution in [1.82, 2.24) is 15.2 Å². The number of ether oxygens (including phenoxy) is 2. The smallest absolute Gasteiger partial charge is 0.317 e. The van der Waals surface area contributed by atoms with Gasteiger partial charge in [-0.2, -0.15) is 0 Å². The third kappa shape index (κ3) is 5.18. The van der Waals surface area contributed by atoms with Crippen LogP contribution in [0.15, 0.2) is 23.7 Å². The molecular formula is C21H29N3O4S. The molecule has 158 valence electrons. The molecule has 2 amide bonds. The second-order valence-corrected chi connectivity index (χ2v) is 9.53. The van der Waals surface area contributed by atoms with Crippen LogP contribution < -0.4 is 10.1 Å². The van der Waals surface area contributed by atoms with E-state index < -0.39 is 5.60 Å². The number of para-hydroxylation sites is 1. The lowest BCUT2D eigenvalue weighted by atomic mass is 9.93. The minimum absolute atomic E-state index is 0.0130. The highest BCUT2D eigenvalue weighted by Gasteiger charge is 2.34. The van der Waals surface area contributed by atoms with E-state index in [0.717, 1.165) is 41.6 Å². The van der Waals surface area contributed by atoms with Gasteiger partial charge >= 0.3 is 6.03 Å². The monoisotopic (exact) mass is 419 g/mol. The van der Waals surface area contributed by atoms with Gasteiger partial charge in [0.15, 0.2) is 0 Å². The van der Waals surface area contributed by atoms with Crippen molar-refractivity contribution in [1.29, 1.82) is 0 Å².